The van der Waals surface area contributed by atoms with Crippen LogP contribution in [0.25, 0.3) is 0 Å². The minimum Gasteiger partial charge on any atom is -0.370 e. The highest BCUT2D eigenvalue weighted by Crippen LogP contribution is 2.33. The Hall–Kier alpha value is -0.730. The summed E-state index contributed by atoms with van der Waals surface area (Å²) in [5, 5.41) is 4.40. The van der Waals surface area contributed by atoms with E-state index in [4.69, 9.17) is 11.6 Å². The molecule has 0 unspecified atom stereocenters. The van der Waals surface area contributed by atoms with Gasteiger partial charge in [0, 0.05) is 19.6 Å². The van der Waals surface area contributed by atoms with Gasteiger partial charge in [-0.15, -0.1) is 0 Å². The average Bonchev–Trinajstić information content (AvgIpc) is 2.49. The van der Waals surface area contributed by atoms with Crippen LogP contribution < -0.4 is 10.2 Å². The van der Waals surface area contributed by atoms with Gasteiger partial charge in [-0.25, -0.2) is 0 Å². The zero-order valence-corrected chi connectivity index (χ0v) is 14.3. The fourth-order valence-corrected chi connectivity index (χ4v) is 3.62. The Kier molecular flexibility index (Phi) is 6.85. The maximum absolute atomic E-state index is 6.50. The first-order chi connectivity index (χ1) is 10.3. The molecule has 0 saturated carbocycles. The standard InChI is InChI=1S/C18H29ClN2/c1-3-6-15-9-12-21(13-10-15)18-16(14-20-11-4-2)7-5-8-17(18)19/h5,7-8,15,20H,3-4,6,9-14H2,1-2H3. The van der Waals surface area contributed by atoms with Crippen LogP contribution in [0.3, 0.4) is 0 Å². The average molecular weight is 309 g/mol. The number of halogens is 1. The number of nitrogens with zero attached hydrogens (tertiary/aromatic N) is 1. The molecule has 1 N–H and O–H groups in total. The van der Waals surface area contributed by atoms with E-state index in [0.717, 1.165) is 43.5 Å². The van der Waals surface area contributed by atoms with E-state index in [-0.39, 0.29) is 0 Å². The molecule has 1 aliphatic heterocycles. The summed E-state index contributed by atoms with van der Waals surface area (Å²) in [5.41, 5.74) is 2.60. The molecule has 1 aromatic rings. The second-order valence-electron chi connectivity index (χ2n) is 6.14. The number of benzene rings is 1. The number of para-hydroxylation sites is 1. The van der Waals surface area contributed by atoms with Gasteiger partial charge in [0.1, 0.15) is 0 Å². The Morgan fingerprint density at radius 1 is 1.19 bits per heavy atom. The lowest BCUT2D eigenvalue weighted by atomic mass is 9.92. The van der Waals surface area contributed by atoms with Crippen molar-refractivity contribution in [3.63, 3.8) is 0 Å². The molecule has 0 radical (unpaired) electrons. The first-order valence-corrected chi connectivity index (χ1v) is 8.87. The van der Waals surface area contributed by atoms with Crippen LogP contribution in [-0.2, 0) is 6.54 Å². The van der Waals surface area contributed by atoms with Gasteiger partial charge >= 0.3 is 0 Å². The molecule has 1 aliphatic rings. The second kappa shape index (κ2) is 8.65. The predicted octanol–water partition coefficient (Wildman–Crippen LogP) is 4.86. The van der Waals surface area contributed by atoms with Crippen molar-refractivity contribution in [1.82, 2.24) is 5.32 Å². The van der Waals surface area contributed by atoms with Gasteiger partial charge in [0.15, 0.2) is 0 Å². The Morgan fingerprint density at radius 3 is 2.62 bits per heavy atom. The maximum atomic E-state index is 6.50. The van der Waals surface area contributed by atoms with Crippen molar-refractivity contribution in [3.05, 3.63) is 28.8 Å². The third-order valence-electron chi connectivity index (χ3n) is 4.44. The molecule has 0 amide bonds. The molecule has 118 valence electrons. The Bertz CT molecular complexity index is 425. The quantitative estimate of drug-likeness (QED) is 0.724. The highest BCUT2D eigenvalue weighted by molar-refractivity contribution is 6.33. The van der Waals surface area contributed by atoms with Crippen molar-refractivity contribution < 1.29 is 0 Å². The first kappa shape index (κ1) is 16.6. The molecule has 2 rings (SSSR count). The van der Waals surface area contributed by atoms with E-state index in [9.17, 15) is 0 Å². The van der Waals surface area contributed by atoms with Gasteiger partial charge in [-0.1, -0.05) is 50.4 Å². The molecule has 21 heavy (non-hydrogen) atoms. The largest absolute Gasteiger partial charge is 0.370 e. The smallest absolute Gasteiger partial charge is 0.0642 e. The Labute approximate surface area is 134 Å². The van der Waals surface area contributed by atoms with E-state index in [2.05, 4.69) is 36.2 Å². The van der Waals surface area contributed by atoms with Gasteiger partial charge in [0.2, 0.25) is 0 Å². The molecular weight excluding hydrogens is 280 g/mol. The van der Waals surface area contributed by atoms with Crippen LogP contribution in [-0.4, -0.2) is 19.6 Å². The van der Waals surface area contributed by atoms with Gasteiger partial charge in [0.05, 0.1) is 10.7 Å². The van der Waals surface area contributed by atoms with Crippen LogP contribution in [0, 0.1) is 5.92 Å². The summed E-state index contributed by atoms with van der Waals surface area (Å²) in [6.07, 6.45) is 6.46. The summed E-state index contributed by atoms with van der Waals surface area (Å²) in [4.78, 5) is 2.50. The summed E-state index contributed by atoms with van der Waals surface area (Å²) in [6, 6.07) is 6.30. The summed E-state index contributed by atoms with van der Waals surface area (Å²) in [5.74, 6) is 0.912. The molecule has 0 bridgehead atoms. The molecule has 1 fully saturated rings. The van der Waals surface area contributed by atoms with Gasteiger partial charge in [-0.3, -0.25) is 0 Å². The lowest BCUT2D eigenvalue weighted by Gasteiger charge is -2.35. The molecule has 3 heteroatoms. The molecule has 0 aliphatic carbocycles. The molecule has 2 nitrogen and oxygen atoms in total. The minimum atomic E-state index is 0.903. The fourth-order valence-electron chi connectivity index (χ4n) is 3.31. The van der Waals surface area contributed by atoms with Crippen LogP contribution in [0.5, 0.6) is 0 Å². The lowest BCUT2D eigenvalue weighted by Crippen LogP contribution is -2.34. The van der Waals surface area contributed by atoms with Gasteiger partial charge in [-0.05, 0) is 43.4 Å². The molecule has 1 saturated heterocycles. The fraction of sp³-hybridized carbons (Fsp3) is 0.667. The Morgan fingerprint density at radius 2 is 1.95 bits per heavy atom. The highest BCUT2D eigenvalue weighted by Gasteiger charge is 2.22. The second-order valence-corrected chi connectivity index (χ2v) is 6.55. The van der Waals surface area contributed by atoms with E-state index in [0.29, 0.717) is 0 Å². The zero-order valence-electron chi connectivity index (χ0n) is 13.5. The highest BCUT2D eigenvalue weighted by atomic mass is 35.5. The third-order valence-corrected chi connectivity index (χ3v) is 4.75. The minimum absolute atomic E-state index is 0.903. The molecule has 0 atom stereocenters. The summed E-state index contributed by atoms with van der Waals surface area (Å²) < 4.78 is 0. The predicted molar refractivity (Wildman–Crippen MR) is 93.3 cm³/mol. The van der Waals surface area contributed by atoms with Crippen molar-refractivity contribution in [2.75, 3.05) is 24.5 Å². The van der Waals surface area contributed by atoms with E-state index in [1.807, 2.05) is 6.07 Å². The van der Waals surface area contributed by atoms with Crippen LogP contribution >= 0.6 is 11.6 Å². The zero-order chi connectivity index (χ0) is 15.1. The normalized spacial score (nSPS) is 16.4. The van der Waals surface area contributed by atoms with E-state index in [1.54, 1.807) is 0 Å². The van der Waals surface area contributed by atoms with Gasteiger partial charge in [-0.2, -0.15) is 0 Å². The summed E-state index contributed by atoms with van der Waals surface area (Å²) in [6.45, 7) is 8.76. The number of hydrogen-bond acceptors (Lipinski definition) is 2. The lowest BCUT2D eigenvalue weighted by molar-refractivity contribution is 0.378. The van der Waals surface area contributed by atoms with E-state index < -0.39 is 0 Å². The van der Waals surface area contributed by atoms with Crippen LogP contribution in [0.1, 0.15) is 51.5 Å². The summed E-state index contributed by atoms with van der Waals surface area (Å²) >= 11 is 6.50. The monoisotopic (exact) mass is 308 g/mol. The molecule has 0 spiro atoms. The van der Waals surface area contributed by atoms with Crippen molar-refractivity contribution in [3.8, 4) is 0 Å². The van der Waals surface area contributed by atoms with Gasteiger partial charge in [0.25, 0.3) is 0 Å². The van der Waals surface area contributed by atoms with Crippen molar-refractivity contribution >= 4 is 17.3 Å². The van der Waals surface area contributed by atoms with Crippen LogP contribution in [0.4, 0.5) is 5.69 Å². The molecule has 1 heterocycles. The number of nitrogens with one attached hydrogen (secondary N) is 1. The first-order valence-electron chi connectivity index (χ1n) is 8.49. The van der Waals surface area contributed by atoms with Gasteiger partial charge < -0.3 is 10.2 Å². The van der Waals surface area contributed by atoms with E-state index in [1.165, 1.54) is 36.9 Å². The Balaban J connectivity index is 2.04. The number of anilines is 1. The van der Waals surface area contributed by atoms with Crippen LogP contribution in [0.2, 0.25) is 5.02 Å². The maximum Gasteiger partial charge on any atom is 0.0642 e. The third kappa shape index (κ3) is 4.62. The van der Waals surface area contributed by atoms with Crippen molar-refractivity contribution in [1.29, 1.82) is 0 Å². The molecular formula is C18H29ClN2. The van der Waals surface area contributed by atoms with E-state index >= 15 is 0 Å². The summed E-state index contributed by atoms with van der Waals surface area (Å²) in [7, 11) is 0. The number of hydrogen-bond donors (Lipinski definition) is 1. The molecule has 0 aromatic heterocycles. The SMILES string of the molecule is CCCNCc1cccc(Cl)c1N1CCC(CCC)CC1. The van der Waals surface area contributed by atoms with Crippen molar-refractivity contribution in [2.24, 2.45) is 5.92 Å². The topological polar surface area (TPSA) is 15.3 Å². The number of piperidine rings is 1. The van der Waals surface area contributed by atoms with Crippen molar-refractivity contribution in [2.45, 2.75) is 52.5 Å². The van der Waals surface area contributed by atoms with Crippen LogP contribution in [0.15, 0.2) is 18.2 Å². The molecule has 1 aromatic carbocycles. The number of rotatable bonds is 7.